The van der Waals surface area contributed by atoms with Crippen LogP contribution in [-0.2, 0) is 10.0 Å². The van der Waals surface area contributed by atoms with Crippen molar-refractivity contribution in [2.75, 3.05) is 26.0 Å². The Hall–Kier alpha value is -1.58. The van der Waals surface area contributed by atoms with E-state index in [0.717, 1.165) is 12.8 Å². The van der Waals surface area contributed by atoms with Crippen LogP contribution in [0, 0.1) is 17.2 Å². The highest BCUT2D eigenvalue weighted by Gasteiger charge is 2.26. The van der Waals surface area contributed by atoms with Crippen molar-refractivity contribution in [3.63, 3.8) is 0 Å². The first-order valence-corrected chi connectivity index (χ1v) is 8.42. The summed E-state index contributed by atoms with van der Waals surface area (Å²) in [5.41, 5.74) is 0.596. The molecular formula is C14H18N2O3S. The first-order chi connectivity index (χ1) is 9.49. The average molecular weight is 294 g/mol. The number of hydrogen-bond acceptors (Lipinski definition) is 4. The SMILES string of the molecule is CS(=O)(=O)N1CCCC(COc2ccc(C#N)cc2)C1. The van der Waals surface area contributed by atoms with Crippen LogP contribution in [0.3, 0.4) is 0 Å². The smallest absolute Gasteiger partial charge is 0.211 e. The summed E-state index contributed by atoms with van der Waals surface area (Å²) >= 11 is 0. The minimum Gasteiger partial charge on any atom is -0.493 e. The van der Waals surface area contributed by atoms with E-state index in [1.54, 1.807) is 24.3 Å². The van der Waals surface area contributed by atoms with Crippen molar-refractivity contribution in [2.45, 2.75) is 12.8 Å². The quantitative estimate of drug-likeness (QED) is 0.846. The van der Waals surface area contributed by atoms with Crippen LogP contribution in [-0.4, -0.2) is 38.7 Å². The topological polar surface area (TPSA) is 70.4 Å². The molecule has 2 rings (SSSR count). The van der Waals surface area contributed by atoms with Gasteiger partial charge in [0.2, 0.25) is 10.0 Å². The van der Waals surface area contributed by atoms with Gasteiger partial charge >= 0.3 is 0 Å². The van der Waals surface area contributed by atoms with E-state index < -0.39 is 10.0 Å². The van der Waals surface area contributed by atoms with Crippen LogP contribution in [0.1, 0.15) is 18.4 Å². The molecule has 108 valence electrons. The van der Waals surface area contributed by atoms with Crippen LogP contribution in [0.4, 0.5) is 0 Å². The van der Waals surface area contributed by atoms with Gasteiger partial charge in [-0.3, -0.25) is 0 Å². The molecule has 1 unspecified atom stereocenters. The molecule has 1 aromatic carbocycles. The average Bonchev–Trinajstić information content (AvgIpc) is 2.45. The number of nitriles is 1. The van der Waals surface area contributed by atoms with Crippen molar-refractivity contribution in [3.8, 4) is 11.8 Å². The second-order valence-electron chi connectivity index (χ2n) is 5.08. The van der Waals surface area contributed by atoms with Crippen molar-refractivity contribution >= 4 is 10.0 Å². The zero-order valence-corrected chi connectivity index (χ0v) is 12.3. The van der Waals surface area contributed by atoms with Gasteiger partial charge in [-0.15, -0.1) is 0 Å². The van der Waals surface area contributed by atoms with Gasteiger partial charge in [0.1, 0.15) is 5.75 Å². The van der Waals surface area contributed by atoms with Gasteiger partial charge in [-0.25, -0.2) is 12.7 Å². The molecule has 6 heteroatoms. The zero-order chi connectivity index (χ0) is 14.6. The number of benzene rings is 1. The Bertz CT molecular complexity index is 590. The monoisotopic (exact) mass is 294 g/mol. The van der Waals surface area contributed by atoms with Crippen molar-refractivity contribution < 1.29 is 13.2 Å². The summed E-state index contributed by atoms with van der Waals surface area (Å²) < 4.78 is 30.3. The molecule has 0 saturated carbocycles. The van der Waals surface area contributed by atoms with Crippen LogP contribution in [0.5, 0.6) is 5.75 Å². The molecule has 1 fully saturated rings. The van der Waals surface area contributed by atoms with Gasteiger partial charge in [-0.2, -0.15) is 5.26 Å². The van der Waals surface area contributed by atoms with Gasteiger partial charge in [0.15, 0.2) is 0 Å². The lowest BCUT2D eigenvalue weighted by molar-refractivity contribution is 0.180. The second kappa shape index (κ2) is 6.25. The summed E-state index contributed by atoms with van der Waals surface area (Å²) in [7, 11) is -3.11. The summed E-state index contributed by atoms with van der Waals surface area (Å²) in [5.74, 6) is 0.926. The Balaban J connectivity index is 1.89. The van der Waals surface area contributed by atoms with E-state index in [0.29, 0.717) is 31.0 Å². The normalized spacial score (nSPS) is 20.3. The lowest BCUT2D eigenvalue weighted by Crippen LogP contribution is -2.40. The van der Waals surface area contributed by atoms with Gasteiger partial charge < -0.3 is 4.74 Å². The summed E-state index contributed by atoms with van der Waals surface area (Å²) in [4.78, 5) is 0. The van der Waals surface area contributed by atoms with Crippen LogP contribution in [0.25, 0.3) is 0 Å². The van der Waals surface area contributed by atoms with E-state index in [4.69, 9.17) is 10.00 Å². The third-order valence-corrected chi connectivity index (χ3v) is 4.69. The van der Waals surface area contributed by atoms with E-state index in [1.165, 1.54) is 10.6 Å². The number of sulfonamides is 1. The predicted octanol–water partition coefficient (Wildman–Crippen LogP) is 1.61. The maximum atomic E-state index is 11.5. The van der Waals surface area contributed by atoms with E-state index in [-0.39, 0.29) is 5.92 Å². The highest BCUT2D eigenvalue weighted by molar-refractivity contribution is 7.88. The van der Waals surface area contributed by atoms with Crippen molar-refractivity contribution in [3.05, 3.63) is 29.8 Å². The van der Waals surface area contributed by atoms with Gasteiger partial charge in [0.05, 0.1) is 24.5 Å². The highest BCUT2D eigenvalue weighted by Crippen LogP contribution is 2.20. The van der Waals surface area contributed by atoms with Crippen LogP contribution < -0.4 is 4.74 Å². The molecule has 0 bridgehead atoms. The van der Waals surface area contributed by atoms with Crippen molar-refractivity contribution in [1.29, 1.82) is 5.26 Å². The number of nitrogens with zero attached hydrogens (tertiary/aromatic N) is 2. The summed E-state index contributed by atoms with van der Waals surface area (Å²) in [6.07, 6.45) is 3.09. The standard InChI is InChI=1S/C14H18N2O3S/c1-20(17,18)16-8-2-3-13(10-16)11-19-14-6-4-12(9-15)5-7-14/h4-7,13H,2-3,8,10-11H2,1H3. The lowest BCUT2D eigenvalue weighted by Gasteiger charge is -2.30. The largest absolute Gasteiger partial charge is 0.493 e. The molecule has 0 aliphatic carbocycles. The summed E-state index contributed by atoms with van der Waals surface area (Å²) in [6, 6.07) is 8.99. The van der Waals surface area contributed by atoms with E-state index in [1.807, 2.05) is 0 Å². The number of piperidine rings is 1. The lowest BCUT2D eigenvalue weighted by atomic mass is 10.0. The first-order valence-electron chi connectivity index (χ1n) is 6.57. The minimum atomic E-state index is -3.11. The highest BCUT2D eigenvalue weighted by atomic mass is 32.2. The third-order valence-electron chi connectivity index (χ3n) is 3.42. The predicted molar refractivity (Wildman–Crippen MR) is 75.8 cm³/mol. The minimum absolute atomic E-state index is 0.217. The molecule has 0 amide bonds. The van der Waals surface area contributed by atoms with Crippen LogP contribution in [0.2, 0.25) is 0 Å². The Morgan fingerprint density at radius 2 is 2.10 bits per heavy atom. The number of ether oxygens (including phenoxy) is 1. The molecule has 1 heterocycles. The molecule has 1 aliphatic rings. The van der Waals surface area contributed by atoms with Gasteiger partial charge in [-0.05, 0) is 37.1 Å². The Morgan fingerprint density at radius 1 is 1.40 bits per heavy atom. The summed E-state index contributed by atoms with van der Waals surface area (Å²) in [5, 5.41) is 8.71. The first kappa shape index (κ1) is 14.8. The van der Waals surface area contributed by atoms with E-state index in [9.17, 15) is 8.42 Å². The molecular weight excluding hydrogens is 276 g/mol. The molecule has 0 aromatic heterocycles. The fraction of sp³-hybridized carbons (Fsp3) is 0.500. The second-order valence-corrected chi connectivity index (χ2v) is 7.06. The van der Waals surface area contributed by atoms with Gasteiger partial charge in [0, 0.05) is 19.0 Å². The fourth-order valence-electron chi connectivity index (χ4n) is 2.30. The molecule has 5 nitrogen and oxygen atoms in total. The van der Waals surface area contributed by atoms with Gasteiger partial charge in [0.25, 0.3) is 0 Å². The number of hydrogen-bond donors (Lipinski definition) is 0. The van der Waals surface area contributed by atoms with E-state index >= 15 is 0 Å². The van der Waals surface area contributed by atoms with E-state index in [2.05, 4.69) is 6.07 Å². The van der Waals surface area contributed by atoms with Gasteiger partial charge in [-0.1, -0.05) is 0 Å². The fourth-order valence-corrected chi connectivity index (χ4v) is 3.25. The maximum absolute atomic E-state index is 11.5. The molecule has 1 aliphatic heterocycles. The van der Waals surface area contributed by atoms with Crippen LogP contribution >= 0.6 is 0 Å². The van der Waals surface area contributed by atoms with Crippen molar-refractivity contribution in [2.24, 2.45) is 5.92 Å². The Labute approximate surface area is 119 Å². The third kappa shape index (κ3) is 3.95. The molecule has 1 saturated heterocycles. The Morgan fingerprint density at radius 3 is 2.70 bits per heavy atom. The number of rotatable bonds is 4. The molecule has 0 radical (unpaired) electrons. The molecule has 1 aromatic rings. The molecule has 20 heavy (non-hydrogen) atoms. The Kier molecular flexibility index (Phi) is 4.63. The zero-order valence-electron chi connectivity index (χ0n) is 11.4. The molecule has 0 spiro atoms. The van der Waals surface area contributed by atoms with Crippen LogP contribution in [0.15, 0.2) is 24.3 Å². The summed E-state index contributed by atoms with van der Waals surface area (Å²) in [6.45, 7) is 1.62. The maximum Gasteiger partial charge on any atom is 0.211 e. The molecule has 1 atom stereocenters. The van der Waals surface area contributed by atoms with Crippen molar-refractivity contribution in [1.82, 2.24) is 4.31 Å². The molecule has 0 N–H and O–H groups in total.